The Hall–Kier alpha value is -1.27. The summed E-state index contributed by atoms with van der Waals surface area (Å²) in [6.45, 7) is 0. The Kier molecular flexibility index (Phi) is 4.65. The van der Waals surface area contributed by atoms with Gasteiger partial charge in [0.25, 0.3) is 0 Å². The second-order valence-corrected chi connectivity index (χ2v) is 7.28. The van der Waals surface area contributed by atoms with E-state index in [0.717, 1.165) is 21.6 Å². The highest BCUT2D eigenvalue weighted by Crippen LogP contribution is 2.24. The van der Waals surface area contributed by atoms with E-state index in [2.05, 4.69) is 45.8 Å². The van der Waals surface area contributed by atoms with Gasteiger partial charge in [0.05, 0.1) is 16.6 Å². The lowest BCUT2D eigenvalue weighted by Gasteiger charge is -1.99. The second kappa shape index (κ2) is 6.66. The molecule has 0 N–H and O–H groups in total. The molecule has 1 aromatic heterocycles. The highest BCUT2D eigenvalue weighted by atomic mass is 127. The third-order valence-corrected chi connectivity index (χ3v) is 4.97. The summed E-state index contributed by atoms with van der Waals surface area (Å²) in [7, 11) is 0. The van der Waals surface area contributed by atoms with Gasteiger partial charge in [-0.1, -0.05) is 30.3 Å². The Morgan fingerprint density at radius 3 is 2.76 bits per heavy atom. The van der Waals surface area contributed by atoms with Gasteiger partial charge in [-0.15, -0.1) is 11.3 Å². The molecule has 0 saturated heterocycles. The molecule has 0 aliphatic carbocycles. The summed E-state index contributed by atoms with van der Waals surface area (Å²) < 4.78 is 2.36. The summed E-state index contributed by atoms with van der Waals surface area (Å²) in [5.41, 5.74) is 2.20. The van der Waals surface area contributed by atoms with Gasteiger partial charge in [-0.2, -0.15) is 0 Å². The number of rotatable bonds is 5. The van der Waals surface area contributed by atoms with Crippen molar-refractivity contribution in [1.82, 2.24) is 4.98 Å². The van der Waals surface area contributed by atoms with Crippen LogP contribution in [0.4, 0.5) is 0 Å². The molecule has 0 fully saturated rings. The molecule has 1 heterocycles. The molecule has 3 rings (SSSR count). The first-order chi connectivity index (χ1) is 10.2. The normalized spacial score (nSPS) is 10.9. The number of hydrogen-bond donors (Lipinski definition) is 0. The number of nitrogens with zero attached hydrogens (tertiary/aromatic N) is 1. The number of halogens is 1. The fraction of sp³-hybridized carbons (Fsp3) is 0.176. The maximum Gasteiger partial charge on any atom is 0.140 e. The molecule has 0 bridgehead atoms. The number of thiazole rings is 1. The number of carbonyl (C=O) groups excluding carboxylic acids is 1. The molecule has 0 amide bonds. The van der Waals surface area contributed by atoms with Crippen molar-refractivity contribution in [3.63, 3.8) is 0 Å². The largest absolute Gasteiger partial charge is 0.299 e. The highest BCUT2D eigenvalue weighted by Gasteiger charge is 2.09. The molecule has 0 spiro atoms. The van der Waals surface area contributed by atoms with Crippen LogP contribution in [0.25, 0.3) is 10.2 Å². The maximum absolute atomic E-state index is 12.1. The Morgan fingerprint density at radius 2 is 1.95 bits per heavy atom. The number of aromatic nitrogens is 1. The molecule has 0 atom stereocenters. The summed E-state index contributed by atoms with van der Waals surface area (Å²) >= 11 is 3.92. The standard InChI is InChI=1S/C17H14INOS/c18-13-7-9-15-16(10-13)21-17(19-15)11-14(20)8-6-12-4-2-1-3-5-12/h1-5,7,9-10H,6,8,11H2. The van der Waals surface area contributed by atoms with Gasteiger partial charge < -0.3 is 0 Å². The van der Waals surface area contributed by atoms with Gasteiger partial charge in [0, 0.05) is 9.99 Å². The van der Waals surface area contributed by atoms with Crippen molar-refractivity contribution < 1.29 is 4.79 Å². The number of ketones is 1. The van der Waals surface area contributed by atoms with Crippen LogP contribution in [0.1, 0.15) is 17.0 Å². The second-order valence-electron chi connectivity index (χ2n) is 4.92. The van der Waals surface area contributed by atoms with Crippen molar-refractivity contribution in [2.45, 2.75) is 19.3 Å². The third kappa shape index (κ3) is 3.89. The summed E-state index contributed by atoms with van der Waals surface area (Å²) in [5, 5.41) is 0.921. The Balaban J connectivity index is 1.63. The van der Waals surface area contributed by atoms with E-state index < -0.39 is 0 Å². The third-order valence-electron chi connectivity index (χ3n) is 3.28. The zero-order chi connectivity index (χ0) is 14.7. The van der Waals surface area contributed by atoms with Crippen LogP contribution in [0, 0.1) is 3.57 Å². The van der Waals surface area contributed by atoms with E-state index in [1.165, 1.54) is 9.13 Å². The Morgan fingerprint density at radius 1 is 1.14 bits per heavy atom. The van der Waals surface area contributed by atoms with Gasteiger partial charge in [0.15, 0.2) is 0 Å². The predicted octanol–water partition coefficient (Wildman–Crippen LogP) is 4.65. The minimum atomic E-state index is 0.257. The van der Waals surface area contributed by atoms with Crippen LogP contribution in [0.2, 0.25) is 0 Å². The van der Waals surface area contributed by atoms with E-state index in [1.807, 2.05) is 30.3 Å². The van der Waals surface area contributed by atoms with Crippen molar-refractivity contribution in [3.05, 3.63) is 62.7 Å². The number of benzene rings is 2. The zero-order valence-electron chi connectivity index (χ0n) is 11.4. The zero-order valence-corrected chi connectivity index (χ0v) is 14.4. The van der Waals surface area contributed by atoms with Gasteiger partial charge in [-0.05, 0) is 52.8 Å². The maximum atomic E-state index is 12.1. The van der Waals surface area contributed by atoms with E-state index in [9.17, 15) is 4.79 Å². The van der Waals surface area contributed by atoms with Crippen LogP contribution >= 0.6 is 33.9 Å². The van der Waals surface area contributed by atoms with Crippen molar-refractivity contribution >= 4 is 49.9 Å². The molecule has 2 nitrogen and oxygen atoms in total. The lowest BCUT2D eigenvalue weighted by Crippen LogP contribution is -2.03. The van der Waals surface area contributed by atoms with Crippen LogP contribution in [0.3, 0.4) is 0 Å². The van der Waals surface area contributed by atoms with Crippen LogP contribution < -0.4 is 0 Å². The van der Waals surface area contributed by atoms with Gasteiger partial charge in [-0.25, -0.2) is 4.98 Å². The molecule has 21 heavy (non-hydrogen) atoms. The van der Waals surface area contributed by atoms with E-state index in [4.69, 9.17) is 0 Å². The van der Waals surface area contributed by atoms with E-state index in [1.54, 1.807) is 11.3 Å². The van der Waals surface area contributed by atoms with E-state index in [-0.39, 0.29) is 5.78 Å². The fourth-order valence-electron chi connectivity index (χ4n) is 2.21. The molecule has 2 aromatic carbocycles. The lowest BCUT2D eigenvalue weighted by molar-refractivity contribution is -0.118. The number of carbonyl (C=O) groups is 1. The van der Waals surface area contributed by atoms with Gasteiger partial charge in [0.1, 0.15) is 10.8 Å². The van der Waals surface area contributed by atoms with Crippen LogP contribution in [-0.2, 0) is 17.6 Å². The van der Waals surface area contributed by atoms with Crippen LogP contribution in [0.5, 0.6) is 0 Å². The van der Waals surface area contributed by atoms with Crippen molar-refractivity contribution in [2.24, 2.45) is 0 Å². The molecule has 106 valence electrons. The fourth-order valence-corrected chi connectivity index (χ4v) is 3.94. The first kappa shape index (κ1) is 14.7. The van der Waals surface area contributed by atoms with Gasteiger partial charge in [0.2, 0.25) is 0 Å². The molecule has 0 saturated carbocycles. The van der Waals surface area contributed by atoms with Gasteiger partial charge in [-0.3, -0.25) is 4.79 Å². The smallest absolute Gasteiger partial charge is 0.140 e. The number of aryl methyl sites for hydroxylation is 1. The van der Waals surface area contributed by atoms with Crippen molar-refractivity contribution in [1.29, 1.82) is 0 Å². The van der Waals surface area contributed by atoms with E-state index >= 15 is 0 Å². The molecule has 0 radical (unpaired) electrons. The van der Waals surface area contributed by atoms with E-state index in [0.29, 0.717) is 12.8 Å². The van der Waals surface area contributed by atoms with Gasteiger partial charge >= 0.3 is 0 Å². The number of hydrogen-bond acceptors (Lipinski definition) is 3. The summed E-state index contributed by atoms with van der Waals surface area (Å²) in [6, 6.07) is 16.3. The molecule has 4 heteroatoms. The highest BCUT2D eigenvalue weighted by molar-refractivity contribution is 14.1. The molecule has 0 aliphatic heterocycles. The Bertz CT molecular complexity index is 767. The Labute approximate surface area is 141 Å². The number of Topliss-reactive ketones (excluding diaryl/α,β-unsaturated/α-hetero) is 1. The average Bonchev–Trinajstić information content (AvgIpc) is 2.87. The first-order valence-corrected chi connectivity index (χ1v) is 8.71. The topological polar surface area (TPSA) is 30.0 Å². The molecule has 0 aliphatic rings. The molecule has 0 unspecified atom stereocenters. The molecule has 3 aromatic rings. The quantitative estimate of drug-likeness (QED) is 0.577. The van der Waals surface area contributed by atoms with Crippen molar-refractivity contribution in [2.75, 3.05) is 0 Å². The minimum absolute atomic E-state index is 0.257. The lowest BCUT2D eigenvalue weighted by atomic mass is 10.1. The predicted molar refractivity (Wildman–Crippen MR) is 95.8 cm³/mol. The monoisotopic (exact) mass is 407 g/mol. The van der Waals surface area contributed by atoms with Crippen LogP contribution in [-0.4, -0.2) is 10.8 Å². The first-order valence-electron chi connectivity index (χ1n) is 6.81. The average molecular weight is 407 g/mol. The molecular formula is C17H14INOS. The number of fused-ring (bicyclic) bond motifs is 1. The van der Waals surface area contributed by atoms with Crippen molar-refractivity contribution in [3.8, 4) is 0 Å². The molecular weight excluding hydrogens is 393 g/mol. The minimum Gasteiger partial charge on any atom is -0.299 e. The summed E-state index contributed by atoms with van der Waals surface area (Å²) in [6.07, 6.45) is 1.84. The SMILES string of the molecule is O=C(CCc1ccccc1)Cc1nc2ccc(I)cc2s1. The summed E-state index contributed by atoms with van der Waals surface area (Å²) in [4.78, 5) is 16.6. The summed E-state index contributed by atoms with van der Waals surface area (Å²) in [5.74, 6) is 0.257. The van der Waals surface area contributed by atoms with Crippen LogP contribution in [0.15, 0.2) is 48.5 Å².